The second-order valence-electron chi connectivity index (χ2n) is 10.6. The highest BCUT2D eigenvalue weighted by molar-refractivity contribution is 6.07. The number of benzene rings is 2. The number of amides is 1. The zero-order chi connectivity index (χ0) is 27.9. The molecule has 2 aromatic carbocycles. The average Bonchev–Trinajstić information content (AvgIpc) is 3.43. The lowest BCUT2D eigenvalue weighted by atomic mass is 9.84. The van der Waals surface area contributed by atoms with E-state index in [0.29, 0.717) is 38.4 Å². The number of carbonyl (C=O) groups excluding carboxylic acids is 1. The van der Waals surface area contributed by atoms with Gasteiger partial charge in [0.05, 0.1) is 36.1 Å². The van der Waals surface area contributed by atoms with E-state index in [2.05, 4.69) is 15.2 Å². The SMILES string of the molecule is O=C(O)c1cccc(NCC[C@@H]2CNCCN2C(=O)c2ncn([C@@H]3CCCC[C@H]3COCl)c2-c2ccccc2)c1. The summed E-state index contributed by atoms with van der Waals surface area (Å²) in [7, 11) is 0. The van der Waals surface area contributed by atoms with Gasteiger partial charge in [-0.15, -0.1) is 0 Å². The third kappa shape index (κ3) is 6.32. The van der Waals surface area contributed by atoms with Crippen LogP contribution >= 0.6 is 11.9 Å². The Morgan fingerprint density at radius 1 is 1.12 bits per heavy atom. The number of hydrogen-bond acceptors (Lipinski definition) is 6. The Morgan fingerprint density at radius 3 is 2.75 bits per heavy atom. The summed E-state index contributed by atoms with van der Waals surface area (Å²) in [5, 5.41) is 16.0. The lowest BCUT2D eigenvalue weighted by Gasteiger charge is -2.36. The molecule has 2 heterocycles. The van der Waals surface area contributed by atoms with Crippen molar-refractivity contribution in [3.63, 3.8) is 0 Å². The van der Waals surface area contributed by atoms with E-state index in [1.165, 1.54) is 0 Å². The number of carboxylic acids is 1. The first-order valence-corrected chi connectivity index (χ1v) is 14.3. The van der Waals surface area contributed by atoms with Gasteiger partial charge in [0.25, 0.3) is 5.91 Å². The van der Waals surface area contributed by atoms with Crippen LogP contribution in [-0.2, 0) is 4.29 Å². The third-order valence-electron chi connectivity index (χ3n) is 8.07. The first kappa shape index (κ1) is 28.1. The molecule has 3 N–H and O–H groups in total. The highest BCUT2D eigenvalue weighted by Crippen LogP contribution is 2.38. The molecule has 9 nitrogen and oxygen atoms in total. The number of anilines is 1. The maximum Gasteiger partial charge on any atom is 0.335 e. The van der Waals surface area contributed by atoms with Crippen LogP contribution in [0.2, 0.25) is 0 Å². The molecular weight excluding hydrogens is 530 g/mol. The lowest BCUT2D eigenvalue weighted by Crippen LogP contribution is -2.54. The van der Waals surface area contributed by atoms with Gasteiger partial charge in [-0.1, -0.05) is 49.2 Å². The third-order valence-corrected chi connectivity index (χ3v) is 8.20. The van der Waals surface area contributed by atoms with Gasteiger partial charge in [0.1, 0.15) is 0 Å². The quantitative estimate of drug-likeness (QED) is 0.315. The van der Waals surface area contributed by atoms with Crippen LogP contribution in [-0.4, -0.2) is 70.3 Å². The summed E-state index contributed by atoms with van der Waals surface area (Å²) in [5.74, 6) is -0.776. The topological polar surface area (TPSA) is 109 Å². The Bertz CT molecular complexity index is 1300. The van der Waals surface area contributed by atoms with Gasteiger partial charge < -0.3 is 25.2 Å². The van der Waals surface area contributed by atoms with Gasteiger partial charge in [-0.2, -0.15) is 0 Å². The van der Waals surface area contributed by atoms with E-state index in [4.69, 9.17) is 21.1 Å². The van der Waals surface area contributed by atoms with Crippen LogP contribution in [0.15, 0.2) is 60.9 Å². The number of piperazine rings is 1. The minimum atomic E-state index is -0.958. The number of rotatable bonds is 10. The van der Waals surface area contributed by atoms with E-state index < -0.39 is 5.97 Å². The Labute approximate surface area is 239 Å². The Hall–Kier alpha value is -3.40. The molecule has 40 heavy (non-hydrogen) atoms. The van der Waals surface area contributed by atoms with Gasteiger partial charge in [0.15, 0.2) is 5.69 Å². The maximum atomic E-state index is 14.2. The summed E-state index contributed by atoms with van der Waals surface area (Å²) in [6.45, 7) is 3.05. The lowest BCUT2D eigenvalue weighted by molar-refractivity contribution is 0.0623. The summed E-state index contributed by atoms with van der Waals surface area (Å²) < 4.78 is 7.23. The molecule has 2 aliphatic rings. The summed E-state index contributed by atoms with van der Waals surface area (Å²) in [5.41, 5.74) is 3.26. The molecule has 0 radical (unpaired) electrons. The number of carboxylic acid groups (broad SMARTS) is 1. The largest absolute Gasteiger partial charge is 0.478 e. The van der Waals surface area contributed by atoms with E-state index in [1.54, 1.807) is 18.2 Å². The smallest absolute Gasteiger partial charge is 0.335 e. The van der Waals surface area contributed by atoms with Crippen LogP contribution in [0.4, 0.5) is 5.69 Å². The molecule has 5 rings (SSSR count). The molecule has 3 atom stereocenters. The Kier molecular flexibility index (Phi) is 9.36. The zero-order valence-corrected chi connectivity index (χ0v) is 23.2. The van der Waals surface area contributed by atoms with Crippen molar-refractivity contribution in [1.82, 2.24) is 19.8 Å². The second kappa shape index (κ2) is 13.3. The Balaban J connectivity index is 1.38. The number of halogens is 1. The molecule has 1 amide bonds. The average molecular weight is 566 g/mol. The van der Waals surface area contributed by atoms with Crippen molar-refractivity contribution in [2.24, 2.45) is 5.92 Å². The van der Waals surface area contributed by atoms with Crippen molar-refractivity contribution in [1.29, 1.82) is 0 Å². The van der Waals surface area contributed by atoms with Gasteiger partial charge >= 0.3 is 5.97 Å². The molecule has 0 spiro atoms. The fourth-order valence-electron chi connectivity index (χ4n) is 6.05. The number of nitrogens with one attached hydrogen (secondary N) is 2. The number of carbonyl (C=O) groups is 2. The number of nitrogens with zero attached hydrogens (tertiary/aromatic N) is 3. The molecule has 1 saturated heterocycles. The molecule has 212 valence electrons. The summed E-state index contributed by atoms with van der Waals surface area (Å²) in [6, 6.07) is 16.9. The standard InChI is InChI=1S/C30H36ClN5O4/c31-40-19-23-9-4-5-12-26(23)36-20-34-27(28(36)21-7-2-1-3-8-21)29(37)35-16-15-32-18-25(35)13-14-33-24-11-6-10-22(17-24)30(38)39/h1-3,6-8,10-11,17,20,23,25-26,32-33H,4-5,9,12-16,18-19H2,(H,38,39)/t23-,25+,26+/m0/s1. The van der Waals surface area contributed by atoms with Crippen molar-refractivity contribution in [2.45, 2.75) is 44.2 Å². The molecular formula is C30H36ClN5O4. The fraction of sp³-hybridized carbons (Fsp3) is 0.433. The molecule has 1 aromatic heterocycles. The van der Waals surface area contributed by atoms with Crippen LogP contribution in [0.25, 0.3) is 11.3 Å². The minimum Gasteiger partial charge on any atom is -0.478 e. The minimum absolute atomic E-state index is 0.0303. The van der Waals surface area contributed by atoms with Crippen LogP contribution in [0.3, 0.4) is 0 Å². The monoisotopic (exact) mass is 565 g/mol. The fourth-order valence-corrected chi connectivity index (χ4v) is 6.21. The molecule has 2 fully saturated rings. The molecule has 1 saturated carbocycles. The van der Waals surface area contributed by atoms with Crippen LogP contribution in [0, 0.1) is 5.92 Å². The van der Waals surface area contributed by atoms with Gasteiger partial charge in [-0.3, -0.25) is 9.08 Å². The molecule has 10 heteroatoms. The highest BCUT2D eigenvalue weighted by atomic mass is 35.5. The van der Waals surface area contributed by atoms with Gasteiger partial charge in [-0.25, -0.2) is 9.78 Å². The van der Waals surface area contributed by atoms with Crippen molar-refractivity contribution < 1.29 is 19.0 Å². The van der Waals surface area contributed by atoms with Crippen molar-refractivity contribution in [3.05, 3.63) is 72.2 Å². The first-order valence-electron chi connectivity index (χ1n) is 14.0. The van der Waals surface area contributed by atoms with E-state index in [1.807, 2.05) is 47.6 Å². The van der Waals surface area contributed by atoms with Gasteiger partial charge in [0.2, 0.25) is 0 Å². The highest BCUT2D eigenvalue weighted by Gasteiger charge is 2.34. The molecule has 3 aromatic rings. The number of aromatic nitrogens is 2. The van der Waals surface area contributed by atoms with Crippen molar-refractivity contribution in [2.75, 3.05) is 38.1 Å². The molecule has 0 unspecified atom stereocenters. The van der Waals surface area contributed by atoms with E-state index >= 15 is 0 Å². The molecule has 1 aliphatic heterocycles. The maximum absolute atomic E-state index is 14.2. The van der Waals surface area contributed by atoms with Crippen molar-refractivity contribution >= 4 is 29.4 Å². The predicted molar refractivity (Wildman–Crippen MR) is 155 cm³/mol. The molecule has 0 bridgehead atoms. The van der Waals surface area contributed by atoms with E-state index in [9.17, 15) is 14.7 Å². The first-order chi connectivity index (χ1) is 19.6. The zero-order valence-electron chi connectivity index (χ0n) is 22.5. The van der Waals surface area contributed by atoms with Crippen molar-refractivity contribution in [3.8, 4) is 11.3 Å². The number of aromatic carboxylic acids is 1. The van der Waals surface area contributed by atoms with Crippen LogP contribution < -0.4 is 10.6 Å². The number of imidazole rings is 1. The summed E-state index contributed by atoms with van der Waals surface area (Å²) in [6.07, 6.45) is 6.78. The van der Waals surface area contributed by atoms with Gasteiger partial charge in [-0.05, 0) is 37.5 Å². The van der Waals surface area contributed by atoms with E-state index in [0.717, 1.165) is 49.2 Å². The molecule has 1 aliphatic carbocycles. The summed E-state index contributed by atoms with van der Waals surface area (Å²) in [4.78, 5) is 32.1. The second-order valence-corrected chi connectivity index (χ2v) is 10.8. The van der Waals surface area contributed by atoms with Crippen LogP contribution in [0.1, 0.15) is 59.0 Å². The Morgan fingerprint density at radius 2 is 1.95 bits per heavy atom. The normalized spacial score (nSPS) is 21.2. The van der Waals surface area contributed by atoms with Crippen LogP contribution in [0.5, 0.6) is 0 Å². The van der Waals surface area contributed by atoms with E-state index in [-0.39, 0.29) is 29.5 Å². The number of hydrogen-bond donors (Lipinski definition) is 3. The predicted octanol–water partition coefficient (Wildman–Crippen LogP) is 5.07. The summed E-state index contributed by atoms with van der Waals surface area (Å²) >= 11 is 5.70. The van der Waals surface area contributed by atoms with Gasteiger partial charge in [0, 0.05) is 55.4 Å².